The van der Waals surface area contributed by atoms with E-state index in [0.717, 1.165) is 17.9 Å². The smallest absolute Gasteiger partial charge is 0.0107 e. The van der Waals surface area contributed by atoms with Crippen molar-refractivity contribution in [1.82, 2.24) is 10.2 Å². The second kappa shape index (κ2) is 7.49. The molecule has 0 bridgehead atoms. The van der Waals surface area contributed by atoms with Gasteiger partial charge in [0.15, 0.2) is 0 Å². The van der Waals surface area contributed by atoms with Gasteiger partial charge < -0.3 is 10.2 Å². The van der Waals surface area contributed by atoms with Gasteiger partial charge in [0.2, 0.25) is 0 Å². The molecule has 0 aromatic heterocycles. The molecule has 0 amide bonds. The fourth-order valence-corrected chi connectivity index (χ4v) is 3.58. The maximum absolute atomic E-state index is 3.82. The van der Waals surface area contributed by atoms with E-state index in [4.69, 9.17) is 0 Å². The van der Waals surface area contributed by atoms with E-state index in [-0.39, 0.29) is 0 Å². The molecule has 0 saturated heterocycles. The third kappa shape index (κ3) is 4.55. The van der Waals surface area contributed by atoms with E-state index in [2.05, 4.69) is 24.1 Å². The average Bonchev–Trinajstić information content (AvgIpc) is 3.22. The van der Waals surface area contributed by atoms with Crippen molar-refractivity contribution in [1.29, 1.82) is 0 Å². The Morgan fingerprint density at radius 1 is 1.00 bits per heavy atom. The first-order valence-corrected chi connectivity index (χ1v) is 8.29. The first-order chi connectivity index (χ1) is 8.83. The summed E-state index contributed by atoms with van der Waals surface area (Å²) in [6, 6.07) is 0.824. The predicted octanol–water partition coefficient (Wildman–Crippen LogP) is 3.28. The molecule has 0 heterocycles. The van der Waals surface area contributed by atoms with Gasteiger partial charge in [0.25, 0.3) is 0 Å². The van der Waals surface area contributed by atoms with Crippen molar-refractivity contribution in [3.8, 4) is 0 Å². The van der Waals surface area contributed by atoms with Crippen molar-refractivity contribution in [2.45, 2.75) is 64.8 Å². The van der Waals surface area contributed by atoms with E-state index in [1.54, 1.807) is 0 Å². The Balaban J connectivity index is 1.60. The van der Waals surface area contributed by atoms with Crippen molar-refractivity contribution >= 4 is 0 Å². The van der Waals surface area contributed by atoms with E-state index < -0.39 is 0 Å². The molecule has 2 fully saturated rings. The molecule has 2 saturated carbocycles. The summed E-state index contributed by atoms with van der Waals surface area (Å²) >= 11 is 0. The van der Waals surface area contributed by atoms with Gasteiger partial charge in [-0.15, -0.1) is 0 Å². The standard InChI is InChI=1S/C16H32N2/c1-3-11-18(4-2)12-10-17-16-7-5-6-15(13-16)14-8-9-14/h14-17H,3-13H2,1-2H3. The third-order valence-electron chi connectivity index (χ3n) is 4.85. The van der Waals surface area contributed by atoms with Crippen LogP contribution in [0.25, 0.3) is 0 Å². The molecule has 2 unspecified atom stereocenters. The lowest BCUT2D eigenvalue weighted by Gasteiger charge is -2.31. The largest absolute Gasteiger partial charge is 0.313 e. The lowest BCUT2D eigenvalue weighted by Crippen LogP contribution is -2.40. The van der Waals surface area contributed by atoms with Gasteiger partial charge in [0.05, 0.1) is 0 Å². The Hall–Kier alpha value is -0.0800. The summed E-state index contributed by atoms with van der Waals surface area (Å²) in [5, 5.41) is 3.82. The van der Waals surface area contributed by atoms with E-state index in [9.17, 15) is 0 Å². The summed E-state index contributed by atoms with van der Waals surface area (Å²) in [4.78, 5) is 2.56. The summed E-state index contributed by atoms with van der Waals surface area (Å²) in [6.45, 7) is 9.43. The van der Waals surface area contributed by atoms with Gasteiger partial charge in [-0.05, 0) is 57.0 Å². The molecular weight excluding hydrogens is 220 g/mol. The van der Waals surface area contributed by atoms with Gasteiger partial charge >= 0.3 is 0 Å². The molecule has 2 rings (SSSR count). The highest BCUT2D eigenvalue weighted by Gasteiger charge is 2.34. The first-order valence-electron chi connectivity index (χ1n) is 8.29. The predicted molar refractivity (Wildman–Crippen MR) is 78.9 cm³/mol. The van der Waals surface area contributed by atoms with Crippen LogP contribution in [0.1, 0.15) is 58.8 Å². The molecule has 1 N–H and O–H groups in total. The van der Waals surface area contributed by atoms with Crippen molar-refractivity contribution in [3.05, 3.63) is 0 Å². The quantitative estimate of drug-likeness (QED) is 0.713. The number of nitrogens with zero attached hydrogens (tertiary/aromatic N) is 1. The zero-order valence-electron chi connectivity index (χ0n) is 12.5. The topological polar surface area (TPSA) is 15.3 Å². The van der Waals surface area contributed by atoms with E-state index in [1.165, 1.54) is 71.1 Å². The zero-order valence-corrected chi connectivity index (χ0v) is 12.5. The van der Waals surface area contributed by atoms with Crippen LogP contribution in [-0.4, -0.2) is 37.1 Å². The normalized spacial score (nSPS) is 28.8. The second-order valence-electron chi connectivity index (χ2n) is 6.35. The maximum atomic E-state index is 3.82. The molecular formula is C16H32N2. The molecule has 0 aromatic carbocycles. The van der Waals surface area contributed by atoms with Gasteiger partial charge in [-0.2, -0.15) is 0 Å². The number of nitrogens with one attached hydrogen (secondary N) is 1. The minimum absolute atomic E-state index is 0.824. The maximum Gasteiger partial charge on any atom is 0.0107 e. The van der Waals surface area contributed by atoms with Gasteiger partial charge in [-0.25, -0.2) is 0 Å². The molecule has 2 heteroatoms. The molecule has 18 heavy (non-hydrogen) atoms. The SMILES string of the molecule is CCCN(CC)CCNC1CCCC(C2CC2)C1. The van der Waals surface area contributed by atoms with Crippen LogP contribution < -0.4 is 5.32 Å². The highest BCUT2D eigenvalue weighted by atomic mass is 15.1. The zero-order chi connectivity index (χ0) is 12.8. The van der Waals surface area contributed by atoms with Gasteiger partial charge in [0, 0.05) is 19.1 Å². The van der Waals surface area contributed by atoms with Crippen LogP contribution >= 0.6 is 0 Å². The van der Waals surface area contributed by atoms with Crippen molar-refractivity contribution < 1.29 is 0 Å². The van der Waals surface area contributed by atoms with Crippen molar-refractivity contribution in [3.63, 3.8) is 0 Å². The molecule has 2 atom stereocenters. The Labute approximate surface area is 114 Å². The molecule has 0 aromatic rings. The molecule has 106 valence electrons. The average molecular weight is 252 g/mol. The Kier molecular flexibility index (Phi) is 5.97. The van der Waals surface area contributed by atoms with Crippen LogP contribution in [0.4, 0.5) is 0 Å². The Morgan fingerprint density at radius 3 is 2.50 bits per heavy atom. The number of likely N-dealkylation sites (N-methyl/N-ethyl adjacent to an activating group) is 1. The van der Waals surface area contributed by atoms with Gasteiger partial charge in [-0.1, -0.05) is 26.7 Å². The van der Waals surface area contributed by atoms with Crippen LogP contribution in [-0.2, 0) is 0 Å². The van der Waals surface area contributed by atoms with Gasteiger partial charge in [-0.3, -0.25) is 0 Å². The molecule has 2 nitrogen and oxygen atoms in total. The monoisotopic (exact) mass is 252 g/mol. The lowest BCUT2D eigenvalue weighted by molar-refractivity contribution is 0.240. The first kappa shape index (κ1) is 14.3. The highest BCUT2D eigenvalue weighted by Crippen LogP contribution is 2.43. The minimum atomic E-state index is 0.824. The summed E-state index contributed by atoms with van der Waals surface area (Å²) in [6.07, 6.45) is 10.2. The van der Waals surface area contributed by atoms with Crippen LogP contribution in [0.3, 0.4) is 0 Å². The summed E-state index contributed by atoms with van der Waals surface area (Å²) in [5.41, 5.74) is 0. The molecule has 2 aliphatic rings. The fraction of sp³-hybridized carbons (Fsp3) is 1.00. The Bertz CT molecular complexity index is 225. The van der Waals surface area contributed by atoms with Crippen molar-refractivity contribution in [2.75, 3.05) is 26.2 Å². The lowest BCUT2D eigenvalue weighted by atomic mass is 9.83. The Morgan fingerprint density at radius 2 is 1.83 bits per heavy atom. The van der Waals surface area contributed by atoms with Crippen LogP contribution in [0, 0.1) is 11.8 Å². The molecule has 0 aliphatic heterocycles. The fourth-order valence-electron chi connectivity index (χ4n) is 3.58. The summed E-state index contributed by atoms with van der Waals surface area (Å²) in [7, 11) is 0. The number of rotatable bonds is 8. The van der Waals surface area contributed by atoms with E-state index in [1.807, 2.05) is 0 Å². The van der Waals surface area contributed by atoms with Crippen LogP contribution in [0.2, 0.25) is 0 Å². The summed E-state index contributed by atoms with van der Waals surface area (Å²) < 4.78 is 0. The highest BCUT2D eigenvalue weighted by molar-refractivity contribution is 4.87. The molecule has 0 radical (unpaired) electrons. The van der Waals surface area contributed by atoms with Crippen molar-refractivity contribution in [2.24, 2.45) is 11.8 Å². The third-order valence-corrected chi connectivity index (χ3v) is 4.85. The van der Waals surface area contributed by atoms with Gasteiger partial charge in [0.1, 0.15) is 0 Å². The number of hydrogen-bond acceptors (Lipinski definition) is 2. The van der Waals surface area contributed by atoms with E-state index >= 15 is 0 Å². The van der Waals surface area contributed by atoms with Crippen LogP contribution in [0.15, 0.2) is 0 Å². The minimum Gasteiger partial charge on any atom is -0.313 e. The summed E-state index contributed by atoms with van der Waals surface area (Å²) in [5.74, 6) is 2.18. The second-order valence-corrected chi connectivity index (χ2v) is 6.35. The van der Waals surface area contributed by atoms with E-state index in [0.29, 0.717) is 0 Å². The van der Waals surface area contributed by atoms with Crippen LogP contribution in [0.5, 0.6) is 0 Å². The molecule has 2 aliphatic carbocycles. The number of hydrogen-bond donors (Lipinski definition) is 1. The molecule has 0 spiro atoms.